The molecule has 2 N–H and O–H groups in total. The minimum absolute atomic E-state index is 0.231. The molecule has 0 radical (unpaired) electrons. The molecule has 1 fully saturated rings. The molecule has 1 amide bonds. The maximum Gasteiger partial charge on any atom is 0.255 e. The Hall–Kier alpha value is -4.17. The number of nitrogens with zero attached hydrogens (tertiary/aromatic N) is 3. The zero-order chi connectivity index (χ0) is 24.9. The zero-order valence-corrected chi connectivity index (χ0v) is 20.5. The summed E-state index contributed by atoms with van der Waals surface area (Å²) < 4.78 is 11.3. The molecule has 1 saturated heterocycles. The Kier molecular flexibility index (Phi) is 6.95. The van der Waals surface area contributed by atoms with Gasteiger partial charge in [0.25, 0.3) is 5.91 Å². The second-order valence-corrected chi connectivity index (χ2v) is 8.69. The van der Waals surface area contributed by atoms with Crippen LogP contribution in [0.5, 0.6) is 11.5 Å². The molecule has 1 aliphatic rings. The van der Waals surface area contributed by atoms with E-state index in [4.69, 9.17) is 19.4 Å². The standard InChI is InChI=1S/C28H29N5O3/c1-35-24-17-23(31-28(34)19-10-4-3-5-11-19)25(36-2)16-22(24)30-27-20-12-6-7-13-21(20)29-26(32-27)18-33-14-8-9-15-33/h3-7,10-13,16-17H,8-9,14-15,18H2,1-2H3,(H,31,34)(H,29,30,32). The SMILES string of the molecule is COc1cc(Nc2nc(CN3CCCC3)nc3ccccc23)c(OC)cc1NC(=O)c1ccccc1. The minimum Gasteiger partial charge on any atom is -0.494 e. The van der Waals surface area contributed by atoms with Gasteiger partial charge in [0.2, 0.25) is 0 Å². The van der Waals surface area contributed by atoms with Crippen LogP contribution in [-0.4, -0.2) is 48.1 Å². The van der Waals surface area contributed by atoms with Crippen LogP contribution < -0.4 is 20.1 Å². The summed E-state index contributed by atoms with van der Waals surface area (Å²) in [5, 5.41) is 7.26. The van der Waals surface area contributed by atoms with Crippen molar-refractivity contribution in [2.75, 3.05) is 37.9 Å². The van der Waals surface area contributed by atoms with Crippen LogP contribution in [0.15, 0.2) is 66.7 Å². The zero-order valence-electron chi connectivity index (χ0n) is 20.5. The Balaban J connectivity index is 1.48. The molecule has 8 nitrogen and oxygen atoms in total. The molecule has 0 spiro atoms. The van der Waals surface area contributed by atoms with Crippen LogP contribution >= 0.6 is 0 Å². The maximum absolute atomic E-state index is 12.7. The summed E-state index contributed by atoms with van der Waals surface area (Å²) in [6.07, 6.45) is 2.42. The highest BCUT2D eigenvalue weighted by atomic mass is 16.5. The first-order valence-corrected chi connectivity index (χ1v) is 12.0. The Bertz CT molecular complexity index is 1370. The molecule has 1 aliphatic heterocycles. The predicted octanol–water partition coefficient (Wildman–Crippen LogP) is 5.24. The summed E-state index contributed by atoms with van der Waals surface area (Å²) in [4.78, 5) is 24.8. The smallest absolute Gasteiger partial charge is 0.255 e. The first-order chi connectivity index (χ1) is 17.6. The summed E-state index contributed by atoms with van der Waals surface area (Å²) in [6, 6.07) is 20.5. The van der Waals surface area contributed by atoms with Crippen molar-refractivity contribution in [3.8, 4) is 11.5 Å². The molecule has 0 atom stereocenters. The van der Waals surface area contributed by atoms with Crippen molar-refractivity contribution in [2.24, 2.45) is 0 Å². The van der Waals surface area contributed by atoms with Crippen molar-refractivity contribution in [3.63, 3.8) is 0 Å². The molecule has 184 valence electrons. The first kappa shape index (κ1) is 23.6. The number of likely N-dealkylation sites (tertiary alicyclic amines) is 1. The molecule has 3 aromatic carbocycles. The molecule has 0 saturated carbocycles. The average molecular weight is 484 g/mol. The number of carbonyl (C=O) groups is 1. The van der Waals surface area contributed by atoms with Gasteiger partial charge < -0.3 is 20.1 Å². The number of aromatic nitrogens is 2. The van der Waals surface area contributed by atoms with E-state index in [2.05, 4.69) is 15.5 Å². The Morgan fingerprint density at radius 1 is 0.889 bits per heavy atom. The summed E-state index contributed by atoms with van der Waals surface area (Å²) in [5.74, 6) is 2.28. The van der Waals surface area contributed by atoms with Crippen molar-refractivity contribution in [1.82, 2.24) is 14.9 Å². The summed E-state index contributed by atoms with van der Waals surface area (Å²) in [6.45, 7) is 2.85. The molecule has 2 heterocycles. The molecule has 0 bridgehead atoms. The van der Waals surface area contributed by atoms with E-state index < -0.39 is 0 Å². The highest BCUT2D eigenvalue weighted by Crippen LogP contribution is 2.38. The fraction of sp³-hybridized carbons (Fsp3) is 0.250. The number of amides is 1. The fourth-order valence-corrected chi connectivity index (χ4v) is 4.44. The van der Waals surface area contributed by atoms with Gasteiger partial charge in [0.15, 0.2) is 0 Å². The Labute approximate surface area is 210 Å². The number of ether oxygens (including phenoxy) is 2. The molecular weight excluding hydrogens is 454 g/mol. The summed E-state index contributed by atoms with van der Waals surface area (Å²) >= 11 is 0. The lowest BCUT2D eigenvalue weighted by molar-refractivity contribution is 0.102. The van der Waals surface area contributed by atoms with Crippen LogP contribution in [0.1, 0.15) is 29.0 Å². The molecule has 1 aromatic heterocycles. The predicted molar refractivity (Wildman–Crippen MR) is 141 cm³/mol. The topological polar surface area (TPSA) is 88.6 Å². The maximum atomic E-state index is 12.7. The number of hydrogen-bond donors (Lipinski definition) is 2. The van der Waals surface area contributed by atoms with Gasteiger partial charge in [-0.1, -0.05) is 30.3 Å². The summed E-state index contributed by atoms with van der Waals surface area (Å²) in [7, 11) is 3.16. The molecule has 0 unspecified atom stereocenters. The van der Waals surface area contributed by atoms with Crippen molar-refractivity contribution < 1.29 is 14.3 Å². The van der Waals surface area contributed by atoms with Crippen molar-refractivity contribution in [2.45, 2.75) is 19.4 Å². The highest BCUT2D eigenvalue weighted by molar-refractivity contribution is 6.05. The van der Waals surface area contributed by atoms with E-state index in [0.717, 1.165) is 29.8 Å². The monoisotopic (exact) mass is 483 g/mol. The molecule has 4 aromatic rings. The third-order valence-corrected chi connectivity index (χ3v) is 6.27. The summed E-state index contributed by atoms with van der Waals surface area (Å²) in [5.41, 5.74) is 2.61. The van der Waals surface area contributed by atoms with Crippen molar-refractivity contribution in [1.29, 1.82) is 0 Å². The van der Waals surface area contributed by atoms with Gasteiger partial charge in [0, 0.05) is 23.1 Å². The van der Waals surface area contributed by atoms with E-state index >= 15 is 0 Å². The van der Waals surface area contributed by atoms with Crippen molar-refractivity contribution >= 4 is 34.0 Å². The second-order valence-electron chi connectivity index (χ2n) is 8.69. The number of para-hydroxylation sites is 1. The van der Waals surface area contributed by atoms with Gasteiger partial charge in [-0.3, -0.25) is 9.69 Å². The van der Waals surface area contributed by atoms with E-state index in [-0.39, 0.29) is 5.91 Å². The second kappa shape index (κ2) is 10.6. The number of carbonyl (C=O) groups excluding carboxylic acids is 1. The molecule has 0 aliphatic carbocycles. The van der Waals surface area contributed by atoms with Gasteiger partial charge in [-0.25, -0.2) is 9.97 Å². The van der Waals surface area contributed by atoms with Crippen LogP contribution in [-0.2, 0) is 6.54 Å². The fourth-order valence-electron chi connectivity index (χ4n) is 4.44. The number of fused-ring (bicyclic) bond motifs is 1. The first-order valence-electron chi connectivity index (χ1n) is 12.0. The molecule has 8 heteroatoms. The Morgan fingerprint density at radius 2 is 1.56 bits per heavy atom. The third-order valence-electron chi connectivity index (χ3n) is 6.27. The normalized spacial score (nSPS) is 13.5. The van der Waals surface area contributed by atoms with E-state index in [9.17, 15) is 4.79 Å². The lowest BCUT2D eigenvalue weighted by Crippen LogP contribution is -2.20. The van der Waals surface area contributed by atoms with Crippen LogP contribution in [0, 0.1) is 0 Å². The van der Waals surface area contributed by atoms with Crippen LogP contribution in [0.3, 0.4) is 0 Å². The third kappa shape index (κ3) is 5.08. The molecule has 36 heavy (non-hydrogen) atoms. The van der Waals surface area contributed by atoms with Crippen LogP contribution in [0.25, 0.3) is 10.9 Å². The van der Waals surface area contributed by atoms with E-state index in [1.54, 1.807) is 38.5 Å². The van der Waals surface area contributed by atoms with Gasteiger partial charge in [0.1, 0.15) is 23.1 Å². The largest absolute Gasteiger partial charge is 0.494 e. The Morgan fingerprint density at radius 3 is 2.31 bits per heavy atom. The average Bonchev–Trinajstić information content (AvgIpc) is 3.42. The van der Waals surface area contributed by atoms with Gasteiger partial charge in [0.05, 0.1) is 37.7 Å². The minimum atomic E-state index is -0.231. The van der Waals surface area contributed by atoms with E-state index in [1.165, 1.54) is 12.8 Å². The highest BCUT2D eigenvalue weighted by Gasteiger charge is 2.18. The number of nitrogens with one attached hydrogen (secondary N) is 2. The lowest BCUT2D eigenvalue weighted by Gasteiger charge is -2.18. The molecular formula is C28H29N5O3. The molecule has 5 rings (SSSR count). The number of methoxy groups -OCH3 is 2. The lowest BCUT2D eigenvalue weighted by atomic mass is 10.2. The number of hydrogen-bond acceptors (Lipinski definition) is 7. The van der Waals surface area contributed by atoms with Gasteiger partial charge in [-0.15, -0.1) is 0 Å². The van der Waals surface area contributed by atoms with Gasteiger partial charge in [-0.05, 0) is 50.2 Å². The van der Waals surface area contributed by atoms with E-state index in [1.807, 2.05) is 42.5 Å². The quantitative estimate of drug-likeness (QED) is 0.354. The van der Waals surface area contributed by atoms with Crippen LogP contribution in [0.2, 0.25) is 0 Å². The number of benzene rings is 3. The van der Waals surface area contributed by atoms with Crippen molar-refractivity contribution in [3.05, 3.63) is 78.1 Å². The van der Waals surface area contributed by atoms with E-state index in [0.29, 0.717) is 40.8 Å². The number of anilines is 3. The van der Waals surface area contributed by atoms with Crippen LogP contribution in [0.4, 0.5) is 17.2 Å². The van der Waals surface area contributed by atoms with Gasteiger partial charge in [-0.2, -0.15) is 0 Å². The van der Waals surface area contributed by atoms with Gasteiger partial charge >= 0.3 is 0 Å². The number of rotatable bonds is 8.